The minimum atomic E-state index is -3.43. The lowest BCUT2D eigenvalue weighted by Crippen LogP contribution is -2.54. The van der Waals surface area contributed by atoms with Crippen LogP contribution >= 0.6 is 0 Å². The molecule has 1 saturated carbocycles. The standard InChI is InChI=1S/C13H24N2O4S/c1-14-12(16)11-5-3-4-9-15(11)20(17,18)13(6-7-13)8-10-19-2/h11H,3-10H2,1-2H3,(H,14,16). The molecule has 116 valence electrons. The summed E-state index contributed by atoms with van der Waals surface area (Å²) >= 11 is 0. The number of hydrogen-bond acceptors (Lipinski definition) is 4. The van der Waals surface area contributed by atoms with Crippen molar-refractivity contribution in [3.05, 3.63) is 0 Å². The van der Waals surface area contributed by atoms with Crippen LogP contribution in [0, 0.1) is 0 Å². The van der Waals surface area contributed by atoms with Gasteiger partial charge in [0, 0.05) is 27.3 Å². The predicted molar refractivity (Wildman–Crippen MR) is 75.8 cm³/mol. The van der Waals surface area contributed by atoms with Crippen LogP contribution in [0.15, 0.2) is 0 Å². The minimum Gasteiger partial charge on any atom is -0.385 e. The van der Waals surface area contributed by atoms with Crippen LogP contribution in [0.4, 0.5) is 0 Å². The number of piperidine rings is 1. The SMILES string of the molecule is CNC(=O)C1CCCCN1S(=O)(=O)C1(CCOC)CC1. The molecule has 2 aliphatic rings. The van der Waals surface area contributed by atoms with Crippen LogP contribution in [0.3, 0.4) is 0 Å². The van der Waals surface area contributed by atoms with E-state index in [1.807, 2.05) is 0 Å². The fourth-order valence-corrected chi connectivity index (χ4v) is 5.30. The van der Waals surface area contributed by atoms with Crippen LogP contribution in [0.5, 0.6) is 0 Å². The van der Waals surface area contributed by atoms with Crippen molar-refractivity contribution in [2.24, 2.45) is 0 Å². The number of nitrogens with zero attached hydrogens (tertiary/aromatic N) is 1. The Labute approximate surface area is 120 Å². The van der Waals surface area contributed by atoms with Gasteiger partial charge < -0.3 is 10.1 Å². The summed E-state index contributed by atoms with van der Waals surface area (Å²) in [6.07, 6.45) is 4.20. The summed E-state index contributed by atoms with van der Waals surface area (Å²) in [5.41, 5.74) is 0. The summed E-state index contributed by atoms with van der Waals surface area (Å²) in [7, 11) is -0.299. The number of carbonyl (C=O) groups excluding carboxylic acids is 1. The first-order valence-electron chi connectivity index (χ1n) is 7.20. The van der Waals surface area contributed by atoms with Gasteiger partial charge in [-0.15, -0.1) is 0 Å². The zero-order chi connectivity index (χ0) is 14.8. The summed E-state index contributed by atoms with van der Waals surface area (Å²) < 4.78 is 31.6. The van der Waals surface area contributed by atoms with Crippen molar-refractivity contribution in [1.82, 2.24) is 9.62 Å². The number of ether oxygens (including phenoxy) is 1. The summed E-state index contributed by atoms with van der Waals surface area (Å²) in [4.78, 5) is 11.9. The van der Waals surface area contributed by atoms with Crippen LogP contribution in [0.25, 0.3) is 0 Å². The lowest BCUT2D eigenvalue weighted by atomic mass is 10.0. The van der Waals surface area contributed by atoms with Crippen molar-refractivity contribution >= 4 is 15.9 Å². The highest BCUT2D eigenvalue weighted by Gasteiger charge is 2.58. The Balaban J connectivity index is 2.20. The Morgan fingerprint density at radius 2 is 2.10 bits per heavy atom. The van der Waals surface area contributed by atoms with Gasteiger partial charge in [-0.25, -0.2) is 8.42 Å². The van der Waals surface area contributed by atoms with Crippen LogP contribution in [-0.4, -0.2) is 56.7 Å². The molecule has 0 spiro atoms. The van der Waals surface area contributed by atoms with E-state index in [2.05, 4.69) is 5.32 Å². The normalized spacial score (nSPS) is 26.2. The molecule has 1 heterocycles. The number of methoxy groups -OCH3 is 1. The molecule has 0 aromatic rings. The second-order valence-electron chi connectivity index (χ2n) is 5.67. The van der Waals surface area contributed by atoms with Crippen molar-refractivity contribution < 1.29 is 17.9 Å². The molecule has 1 aliphatic carbocycles. The van der Waals surface area contributed by atoms with Gasteiger partial charge in [0.05, 0.1) is 4.75 Å². The Morgan fingerprint density at radius 1 is 1.40 bits per heavy atom. The van der Waals surface area contributed by atoms with Gasteiger partial charge in [-0.1, -0.05) is 6.42 Å². The highest BCUT2D eigenvalue weighted by atomic mass is 32.2. The van der Waals surface area contributed by atoms with E-state index in [-0.39, 0.29) is 5.91 Å². The van der Waals surface area contributed by atoms with Gasteiger partial charge in [0.1, 0.15) is 6.04 Å². The molecule has 1 aliphatic heterocycles. The summed E-state index contributed by atoms with van der Waals surface area (Å²) in [6, 6.07) is -0.543. The number of sulfonamides is 1. The number of rotatable bonds is 6. The van der Waals surface area contributed by atoms with Gasteiger partial charge in [-0.05, 0) is 32.1 Å². The van der Waals surface area contributed by atoms with Crippen molar-refractivity contribution in [2.45, 2.75) is 49.3 Å². The van der Waals surface area contributed by atoms with E-state index < -0.39 is 20.8 Å². The molecular weight excluding hydrogens is 280 g/mol. The Morgan fingerprint density at radius 3 is 2.65 bits per heavy atom. The maximum atomic E-state index is 12.9. The summed E-state index contributed by atoms with van der Waals surface area (Å²) in [6.45, 7) is 0.896. The highest BCUT2D eigenvalue weighted by Crippen LogP contribution is 2.49. The quantitative estimate of drug-likeness (QED) is 0.775. The number of carbonyl (C=O) groups is 1. The Bertz CT molecular complexity index is 459. The van der Waals surface area contributed by atoms with Gasteiger partial charge in [-0.2, -0.15) is 4.31 Å². The number of nitrogens with one attached hydrogen (secondary N) is 1. The van der Waals surface area contributed by atoms with E-state index in [9.17, 15) is 13.2 Å². The maximum Gasteiger partial charge on any atom is 0.238 e. The molecule has 1 amide bonds. The molecule has 20 heavy (non-hydrogen) atoms. The highest BCUT2D eigenvalue weighted by molar-refractivity contribution is 7.90. The average molecular weight is 304 g/mol. The molecule has 0 radical (unpaired) electrons. The molecule has 0 aromatic heterocycles. The Kier molecular flexibility index (Phi) is 4.71. The van der Waals surface area contributed by atoms with Crippen molar-refractivity contribution in [1.29, 1.82) is 0 Å². The molecule has 0 bridgehead atoms. The zero-order valence-corrected chi connectivity index (χ0v) is 13.0. The molecule has 1 saturated heterocycles. The lowest BCUT2D eigenvalue weighted by molar-refractivity contribution is -0.125. The third-order valence-electron chi connectivity index (χ3n) is 4.43. The van der Waals surface area contributed by atoms with E-state index in [0.29, 0.717) is 38.8 Å². The van der Waals surface area contributed by atoms with E-state index >= 15 is 0 Å². The summed E-state index contributed by atoms with van der Waals surface area (Å²) in [5.74, 6) is -0.198. The van der Waals surface area contributed by atoms with E-state index in [4.69, 9.17) is 4.74 Å². The lowest BCUT2D eigenvalue weighted by Gasteiger charge is -2.36. The fourth-order valence-electron chi connectivity index (χ4n) is 2.93. The van der Waals surface area contributed by atoms with Gasteiger partial charge in [0.15, 0.2) is 0 Å². The summed E-state index contributed by atoms with van der Waals surface area (Å²) in [5, 5.41) is 2.58. The van der Waals surface area contributed by atoms with Crippen molar-refractivity contribution in [2.75, 3.05) is 27.3 Å². The minimum absolute atomic E-state index is 0.198. The topological polar surface area (TPSA) is 75.7 Å². The fraction of sp³-hybridized carbons (Fsp3) is 0.923. The second-order valence-corrected chi connectivity index (χ2v) is 7.95. The Hall–Kier alpha value is -0.660. The average Bonchev–Trinajstić information content (AvgIpc) is 3.26. The molecule has 0 aromatic carbocycles. The maximum absolute atomic E-state index is 12.9. The van der Waals surface area contributed by atoms with Gasteiger partial charge in [0.2, 0.25) is 15.9 Å². The van der Waals surface area contributed by atoms with Gasteiger partial charge >= 0.3 is 0 Å². The van der Waals surface area contributed by atoms with Gasteiger partial charge in [-0.3, -0.25) is 4.79 Å². The van der Waals surface area contributed by atoms with Gasteiger partial charge in [0.25, 0.3) is 0 Å². The molecule has 2 fully saturated rings. The molecule has 1 unspecified atom stereocenters. The molecule has 6 nitrogen and oxygen atoms in total. The van der Waals surface area contributed by atoms with Crippen LogP contribution in [0.2, 0.25) is 0 Å². The van der Waals surface area contributed by atoms with Crippen LogP contribution in [-0.2, 0) is 19.6 Å². The number of amides is 1. The molecule has 2 rings (SSSR count). The molecular formula is C13H24N2O4S. The molecule has 7 heteroatoms. The van der Waals surface area contributed by atoms with Crippen LogP contribution in [0.1, 0.15) is 38.5 Å². The smallest absolute Gasteiger partial charge is 0.238 e. The molecule has 1 N–H and O–H groups in total. The first-order chi connectivity index (χ1) is 9.48. The van der Waals surface area contributed by atoms with Crippen LogP contribution < -0.4 is 5.32 Å². The first kappa shape index (κ1) is 15.7. The zero-order valence-electron chi connectivity index (χ0n) is 12.2. The third kappa shape index (κ3) is 2.71. The molecule has 1 atom stereocenters. The van der Waals surface area contributed by atoms with Crippen molar-refractivity contribution in [3.8, 4) is 0 Å². The monoisotopic (exact) mass is 304 g/mol. The first-order valence-corrected chi connectivity index (χ1v) is 8.64. The number of likely N-dealkylation sites (N-methyl/N-ethyl adjacent to an activating group) is 1. The van der Waals surface area contributed by atoms with E-state index in [0.717, 1.165) is 12.8 Å². The van der Waals surface area contributed by atoms with E-state index in [1.54, 1.807) is 14.2 Å². The largest absolute Gasteiger partial charge is 0.385 e. The van der Waals surface area contributed by atoms with Crippen molar-refractivity contribution in [3.63, 3.8) is 0 Å². The number of hydrogen-bond donors (Lipinski definition) is 1. The predicted octanol–water partition coefficient (Wildman–Crippen LogP) is 0.486. The van der Waals surface area contributed by atoms with E-state index in [1.165, 1.54) is 4.31 Å². The third-order valence-corrected chi connectivity index (χ3v) is 7.19. The second kappa shape index (κ2) is 5.99.